The topological polar surface area (TPSA) is 23.6 Å². The summed E-state index contributed by atoms with van der Waals surface area (Å²) in [7, 11) is 4.15. The van der Waals surface area contributed by atoms with Crippen molar-refractivity contribution in [3.05, 3.63) is 20.3 Å². The quantitative estimate of drug-likeness (QED) is 0.549. The molecule has 0 N–H and O–H groups in total. The Kier molecular flexibility index (Phi) is 5.28. The molecule has 0 amide bonds. The first-order valence-corrected chi connectivity index (χ1v) is 6.59. The first-order chi connectivity index (χ1) is 7.99. The number of hydrogen-bond acceptors (Lipinski definition) is 4. The summed E-state index contributed by atoms with van der Waals surface area (Å²) in [5.41, 5.74) is 1.85. The zero-order valence-corrected chi connectivity index (χ0v) is 12.1. The molecule has 1 aromatic carbocycles. The molecular weight excluding hydrogens is 232 g/mol. The predicted octanol–water partition coefficient (Wildman–Crippen LogP) is 2.13. The molecule has 0 bridgehead atoms. The first kappa shape index (κ1) is 14.3. The van der Waals surface area contributed by atoms with E-state index in [1.165, 1.54) is 6.42 Å². The summed E-state index contributed by atoms with van der Waals surface area (Å²) in [6, 6.07) is 0. The van der Waals surface area contributed by atoms with Crippen LogP contribution >= 0.6 is 12.2 Å². The summed E-state index contributed by atoms with van der Waals surface area (Å²) < 4.78 is 0.510. The van der Waals surface area contributed by atoms with E-state index in [1.54, 1.807) is 0 Å². The number of anilines is 1. The van der Waals surface area contributed by atoms with E-state index >= 15 is 0 Å². The zero-order valence-electron chi connectivity index (χ0n) is 11.2. The van der Waals surface area contributed by atoms with Crippen LogP contribution in [0.5, 0.6) is 0 Å². The van der Waals surface area contributed by atoms with Gasteiger partial charge in [-0.2, -0.15) is 0 Å². The first-order valence-electron chi connectivity index (χ1n) is 6.18. The van der Waals surface area contributed by atoms with Gasteiger partial charge in [0.05, 0.1) is 5.69 Å². The van der Waals surface area contributed by atoms with Crippen LogP contribution < -0.4 is 10.3 Å². The Morgan fingerprint density at radius 3 is 2.29 bits per heavy atom. The lowest BCUT2D eigenvalue weighted by atomic mass is 10.1. The summed E-state index contributed by atoms with van der Waals surface area (Å²) in [6.07, 6.45) is 2.32. The van der Waals surface area contributed by atoms with Gasteiger partial charge < -0.3 is 9.80 Å². The third kappa shape index (κ3) is 3.36. The maximum Gasteiger partial charge on any atom is 0.203 e. The van der Waals surface area contributed by atoms with Crippen LogP contribution in [-0.2, 0) is 0 Å². The van der Waals surface area contributed by atoms with Gasteiger partial charge in [0.25, 0.3) is 0 Å². The highest BCUT2D eigenvalue weighted by atomic mass is 32.1. The van der Waals surface area contributed by atoms with E-state index in [2.05, 4.69) is 23.8 Å². The molecular formula is C13H22N2OS. The molecule has 0 aliphatic carbocycles. The molecule has 0 heterocycles. The average Bonchev–Trinajstić information content (AvgIpc) is 2.33. The predicted molar refractivity (Wildman–Crippen MR) is 76.3 cm³/mol. The molecule has 0 aliphatic rings. The van der Waals surface area contributed by atoms with Gasteiger partial charge in [-0.05, 0) is 39.9 Å². The fourth-order valence-corrected chi connectivity index (χ4v) is 2.42. The molecule has 1 aromatic rings. The van der Waals surface area contributed by atoms with Crippen molar-refractivity contribution in [2.75, 3.05) is 38.6 Å². The van der Waals surface area contributed by atoms with Gasteiger partial charge in [-0.1, -0.05) is 19.1 Å². The molecule has 4 heteroatoms. The van der Waals surface area contributed by atoms with Gasteiger partial charge >= 0.3 is 0 Å². The summed E-state index contributed by atoms with van der Waals surface area (Å²) >= 11 is 5.06. The fraction of sp³-hybridized carbons (Fsp3) is 0.692. The highest BCUT2D eigenvalue weighted by Gasteiger charge is 2.16. The van der Waals surface area contributed by atoms with Crippen molar-refractivity contribution in [2.45, 2.75) is 26.7 Å². The van der Waals surface area contributed by atoms with Crippen LogP contribution in [0.25, 0.3) is 0 Å². The lowest BCUT2D eigenvalue weighted by Gasteiger charge is -2.23. The number of unbranched alkanes of at least 4 members (excludes halogenated alkanes) is 1. The lowest BCUT2D eigenvalue weighted by molar-refractivity contribution is 0.344. The third-order valence-corrected chi connectivity index (χ3v) is 3.70. The number of rotatable bonds is 7. The molecule has 0 saturated heterocycles. The van der Waals surface area contributed by atoms with Crippen LogP contribution in [-0.4, -0.2) is 38.6 Å². The molecule has 0 saturated carbocycles. The number of hydrogen-bond donors (Lipinski definition) is 0. The van der Waals surface area contributed by atoms with Crippen LogP contribution in [0.1, 0.15) is 25.3 Å². The molecule has 1 rings (SSSR count). The maximum absolute atomic E-state index is 11.3. The van der Waals surface area contributed by atoms with Crippen LogP contribution in [0, 0.1) is 11.4 Å². The second kappa shape index (κ2) is 6.26. The van der Waals surface area contributed by atoms with E-state index in [0.29, 0.717) is 4.51 Å². The third-order valence-electron chi connectivity index (χ3n) is 3.32. The SMILES string of the molecule is CCN(C)CCCCN(C)c1c(C)c(=O)c1=S. The average molecular weight is 254 g/mol. The second-order valence-electron chi connectivity index (χ2n) is 4.66. The minimum absolute atomic E-state index is 0.0487. The lowest BCUT2D eigenvalue weighted by Crippen LogP contribution is -2.28. The van der Waals surface area contributed by atoms with Crippen molar-refractivity contribution < 1.29 is 0 Å². The molecule has 0 aliphatic heterocycles. The Hall–Kier alpha value is -0.740. The van der Waals surface area contributed by atoms with Gasteiger partial charge in [-0.15, -0.1) is 0 Å². The van der Waals surface area contributed by atoms with Crippen LogP contribution in [0.3, 0.4) is 0 Å². The summed E-state index contributed by atoms with van der Waals surface area (Å²) in [6.45, 7) is 7.22. The summed E-state index contributed by atoms with van der Waals surface area (Å²) in [5.74, 6) is 0. The number of nitrogens with zero attached hydrogens (tertiary/aromatic N) is 2. The molecule has 0 atom stereocenters. The molecule has 3 nitrogen and oxygen atoms in total. The normalized spacial score (nSPS) is 11.4. The Labute approximate surface area is 109 Å². The Morgan fingerprint density at radius 2 is 1.76 bits per heavy atom. The molecule has 0 radical (unpaired) electrons. The standard InChI is InChI=1S/C13H22N2OS/c1-5-14(3)8-6-7-9-15(4)11-10(2)12(16)13(11)17/h5-9H2,1-4H3. The second-order valence-corrected chi connectivity index (χ2v) is 5.06. The van der Waals surface area contributed by atoms with Gasteiger partial charge in [0.1, 0.15) is 4.51 Å². The summed E-state index contributed by atoms with van der Waals surface area (Å²) in [4.78, 5) is 15.7. The molecule has 17 heavy (non-hydrogen) atoms. The summed E-state index contributed by atoms with van der Waals surface area (Å²) in [5, 5.41) is 0. The molecule has 0 fully saturated rings. The van der Waals surface area contributed by atoms with E-state index in [9.17, 15) is 4.79 Å². The minimum Gasteiger partial charge on any atom is -0.373 e. The van der Waals surface area contributed by atoms with Crippen molar-refractivity contribution in [1.29, 1.82) is 0 Å². The van der Waals surface area contributed by atoms with Crippen molar-refractivity contribution in [1.82, 2.24) is 4.90 Å². The van der Waals surface area contributed by atoms with Crippen molar-refractivity contribution in [3.8, 4) is 0 Å². The largest absolute Gasteiger partial charge is 0.373 e. The van der Waals surface area contributed by atoms with Gasteiger partial charge in [-0.3, -0.25) is 4.79 Å². The molecule has 0 aromatic heterocycles. The zero-order chi connectivity index (χ0) is 13.0. The van der Waals surface area contributed by atoms with Gasteiger partial charge in [-0.25, -0.2) is 0 Å². The maximum atomic E-state index is 11.3. The van der Waals surface area contributed by atoms with E-state index in [1.807, 2.05) is 14.0 Å². The molecule has 0 spiro atoms. The minimum atomic E-state index is 0.0487. The van der Waals surface area contributed by atoms with Crippen LogP contribution in [0.4, 0.5) is 5.69 Å². The van der Waals surface area contributed by atoms with Gasteiger partial charge in [0.2, 0.25) is 5.43 Å². The van der Waals surface area contributed by atoms with Crippen molar-refractivity contribution >= 4 is 17.9 Å². The highest BCUT2D eigenvalue weighted by molar-refractivity contribution is 7.71. The highest BCUT2D eigenvalue weighted by Crippen LogP contribution is 2.20. The van der Waals surface area contributed by atoms with Gasteiger partial charge in [0.15, 0.2) is 0 Å². The fourth-order valence-electron chi connectivity index (χ4n) is 1.95. The Bertz CT molecular complexity index is 435. The van der Waals surface area contributed by atoms with Crippen LogP contribution in [0.15, 0.2) is 4.79 Å². The van der Waals surface area contributed by atoms with Crippen molar-refractivity contribution in [3.63, 3.8) is 0 Å². The van der Waals surface area contributed by atoms with Crippen molar-refractivity contribution in [2.24, 2.45) is 0 Å². The van der Waals surface area contributed by atoms with E-state index in [-0.39, 0.29) is 5.43 Å². The smallest absolute Gasteiger partial charge is 0.203 e. The monoisotopic (exact) mass is 254 g/mol. The van der Waals surface area contributed by atoms with Gasteiger partial charge in [0, 0.05) is 19.2 Å². The van der Waals surface area contributed by atoms with E-state index in [4.69, 9.17) is 12.2 Å². The Morgan fingerprint density at radius 1 is 1.18 bits per heavy atom. The van der Waals surface area contributed by atoms with Crippen LogP contribution in [0.2, 0.25) is 0 Å². The molecule has 0 unspecified atom stereocenters. The van der Waals surface area contributed by atoms with E-state index < -0.39 is 0 Å². The Balaban J connectivity index is 2.34. The molecule has 96 valence electrons. The van der Waals surface area contributed by atoms with E-state index in [0.717, 1.165) is 37.3 Å².